The lowest BCUT2D eigenvalue weighted by Gasteiger charge is -2.22. The average Bonchev–Trinajstić information content (AvgIpc) is 3.01. The number of hydrogen-bond donors (Lipinski definition) is 1. The van der Waals surface area contributed by atoms with E-state index in [9.17, 15) is 19.2 Å². The first-order valence-electron chi connectivity index (χ1n) is 10.1. The van der Waals surface area contributed by atoms with Crippen molar-refractivity contribution in [2.45, 2.75) is 38.8 Å². The molecule has 3 amide bonds. The first-order valence-corrected chi connectivity index (χ1v) is 10.1. The maximum Gasteiger partial charge on any atom is 0.408 e. The summed E-state index contributed by atoms with van der Waals surface area (Å²) in [7, 11) is 1.22. The summed E-state index contributed by atoms with van der Waals surface area (Å²) in [6, 6.07) is 9.84. The van der Waals surface area contributed by atoms with Crippen LogP contribution in [0, 0.1) is 6.57 Å². The highest BCUT2D eigenvalue weighted by molar-refractivity contribution is 6.34. The minimum Gasteiger partial charge on any atom is -0.467 e. The summed E-state index contributed by atoms with van der Waals surface area (Å²) < 4.78 is 9.98. The van der Waals surface area contributed by atoms with Gasteiger partial charge in [0, 0.05) is 12.0 Å². The Balaban J connectivity index is 1.77. The molecule has 1 atom stereocenters. The van der Waals surface area contributed by atoms with Gasteiger partial charge in [0.2, 0.25) is 0 Å². The van der Waals surface area contributed by atoms with Crippen molar-refractivity contribution in [2.24, 2.45) is 0 Å². The first-order chi connectivity index (χ1) is 15.5. The van der Waals surface area contributed by atoms with Gasteiger partial charge in [0.1, 0.15) is 11.6 Å². The molecule has 0 saturated carbocycles. The van der Waals surface area contributed by atoms with Crippen LogP contribution in [0.3, 0.4) is 0 Å². The predicted octanol–water partition coefficient (Wildman–Crippen LogP) is 3.65. The number of carbonyl (C=O) groups excluding carboxylic acids is 4. The smallest absolute Gasteiger partial charge is 0.408 e. The molecule has 1 aliphatic rings. The lowest BCUT2D eigenvalue weighted by Crippen LogP contribution is -2.45. The molecule has 0 radical (unpaired) electrons. The number of anilines is 1. The van der Waals surface area contributed by atoms with E-state index in [0.29, 0.717) is 11.3 Å². The first kappa shape index (κ1) is 23.5. The molecule has 2 aromatic rings. The Kier molecular flexibility index (Phi) is 6.49. The molecule has 1 N–H and O–H groups in total. The van der Waals surface area contributed by atoms with E-state index in [1.54, 1.807) is 45.0 Å². The lowest BCUT2D eigenvalue weighted by atomic mass is 10.1. The Labute approximate surface area is 191 Å². The second kappa shape index (κ2) is 9.12. The molecule has 9 nitrogen and oxygen atoms in total. The highest BCUT2D eigenvalue weighted by Gasteiger charge is 2.36. The summed E-state index contributed by atoms with van der Waals surface area (Å²) in [6.45, 7) is 12.2. The molecule has 0 bridgehead atoms. The van der Waals surface area contributed by atoms with Gasteiger partial charge in [-0.25, -0.2) is 19.3 Å². The van der Waals surface area contributed by atoms with E-state index in [4.69, 9.17) is 16.0 Å². The van der Waals surface area contributed by atoms with Crippen LogP contribution >= 0.6 is 0 Å². The maximum absolute atomic E-state index is 12.8. The fourth-order valence-corrected chi connectivity index (χ4v) is 3.34. The molecule has 0 spiro atoms. The minimum atomic E-state index is -0.984. The fourth-order valence-electron chi connectivity index (χ4n) is 3.34. The number of hydrogen-bond acceptors (Lipinski definition) is 6. The molecule has 33 heavy (non-hydrogen) atoms. The summed E-state index contributed by atoms with van der Waals surface area (Å²) in [5, 5.41) is 2.50. The molecule has 0 aromatic heterocycles. The molecule has 0 saturated heterocycles. The Morgan fingerprint density at radius 3 is 2.27 bits per heavy atom. The number of nitrogens with one attached hydrogen (secondary N) is 1. The number of imide groups is 1. The fraction of sp³-hybridized carbons (Fsp3) is 0.292. The van der Waals surface area contributed by atoms with Gasteiger partial charge in [-0.15, -0.1) is 0 Å². The second-order valence-electron chi connectivity index (χ2n) is 8.38. The zero-order valence-electron chi connectivity index (χ0n) is 18.7. The van der Waals surface area contributed by atoms with Crippen molar-refractivity contribution < 1.29 is 28.7 Å². The second-order valence-corrected chi connectivity index (χ2v) is 8.38. The number of ether oxygens (including phenoxy) is 2. The van der Waals surface area contributed by atoms with E-state index in [1.165, 1.54) is 25.3 Å². The molecular formula is C24H23N3O6. The van der Waals surface area contributed by atoms with Crippen molar-refractivity contribution in [2.75, 3.05) is 12.0 Å². The Hall–Kier alpha value is -4.19. The van der Waals surface area contributed by atoms with E-state index < -0.39 is 35.5 Å². The Morgan fingerprint density at radius 2 is 1.70 bits per heavy atom. The monoisotopic (exact) mass is 449 g/mol. The minimum absolute atomic E-state index is 0.114. The van der Waals surface area contributed by atoms with Gasteiger partial charge in [-0.05, 0) is 44.5 Å². The van der Waals surface area contributed by atoms with Crippen LogP contribution in [0.5, 0.6) is 0 Å². The van der Waals surface area contributed by atoms with Crippen molar-refractivity contribution in [3.8, 4) is 0 Å². The number of benzene rings is 2. The quantitative estimate of drug-likeness (QED) is 0.424. The van der Waals surface area contributed by atoms with Gasteiger partial charge >= 0.3 is 12.1 Å². The SMILES string of the molecule is [C-]#[N+]c1ccc2c(c1)C(=O)N(c1ccc(CC(NC(=O)OC(C)(C)C)C(=O)OC)cc1)C2=O. The van der Waals surface area contributed by atoms with Gasteiger partial charge in [-0.1, -0.05) is 24.3 Å². The van der Waals surface area contributed by atoms with Crippen LogP contribution < -0.4 is 10.2 Å². The van der Waals surface area contributed by atoms with Crippen LogP contribution in [0.15, 0.2) is 42.5 Å². The van der Waals surface area contributed by atoms with Crippen LogP contribution in [-0.4, -0.2) is 42.6 Å². The number of esters is 1. The molecule has 3 rings (SSSR count). The third kappa shape index (κ3) is 5.18. The molecule has 1 aliphatic heterocycles. The van der Waals surface area contributed by atoms with Gasteiger partial charge in [0.25, 0.3) is 11.8 Å². The number of carbonyl (C=O) groups is 4. The standard InChI is InChI=1S/C24H23N3O6/c1-24(2,3)33-23(31)26-19(22(30)32-5)12-14-6-9-16(10-7-14)27-20(28)17-11-8-15(25-4)13-18(17)21(27)29/h6-11,13,19H,12H2,1-3,5H3,(H,26,31). The van der Waals surface area contributed by atoms with Crippen LogP contribution in [0.25, 0.3) is 4.85 Å². The Bertz CT molecular complexity index is 1160. The lowest BCUT2D eigenvalue weighted by molar-refractivity contribution is -0.143. The molecule has 0 aliphatic carbocycles. The van der Waals surface area contributed by atoms with Crippen molar-refractivity contribution >= 4 is 35.3 Å². The van der Waals surface area contributed by atoms with Crippen LogP contribution in [0.1, 0.15) is 47.1 Å². The summed E-state index contributed by atoms with van der Waals surface area (Å²) in [5.41, 5.74) is 0.988. The summed E-state index contributed by atoms with van der Waals surface area (Å²) >= 11 is 0. The van der Waals surface area contributed by atoms with Crippen LogP contribution in [0.2, 0.25) is 0 Å². The van der Waals surface area contributed by atoms with E-state index >= 15 is 0 Å². The molecule has 1 unspecified atom stereocenters. The van der Waals surface area contributed by atoms with Crippen molar-refractivity contribution in [3.63, 3.8) is 0 Å². The largest absolute Gasteiger partial charge is 0.467 e. The maximum atomic E-state index is 12.8. The number of rotatable bonds is 5. The zero-order chi connectivity index (χ0) is 24.3. The average molecular weight is 449 g/mol. The molecule has 1 heterocycles. The van der Waals surface area contributed by atoms with Crippen LogP contribution in [-0.2, 0) is 20.7 Å². The van der Waals surface area contributed by atoms with Gasteiger partial charge < -0.3 is 14.8 Å². The summed E-state index contributed by atoms with van der Waals surface area (Å²) in [6.07, 6.45) is -0.637. The molecule has 0 fully saturated rings. The van der Waals surface area contributed by atoms with E-state index in [0.717, 1.165) is 4.90 Å². The van der Waals surface area contributed by atoms with Crippen LogP contribution in [0.4, 0.5) is 16.2 Å². The molecule has 2 aromatic carbocycles. The van der Waals surface area contributed by atoms with E-state index in [2.05, 4.69) is 10.2 Å². The topological polar surface area (TPSA) is 106 Å². The Morgan fingerprint density at radius 1 is 1.06 bits per heavy atom. The van der Waals surface area contributed by atoms with Crippen molar-refractivity contribution in [3.05, 3.63) is 70.6 Å². The predicted molar refractivity (Wildman–Crippen MR) is 119 cm³/mol. The highest BCUT2D eigenvalue weighted by atomic mass is 16.6. The van der Waals surface area contributed by atoms with Gasteiger partial charge in [0.15, 0.2) is 5.69 Å². The number of alkyl carbamates (subject to hydrolysis) is 1. The summed E-state index contributed by atoms with van der Waals surface area (Å²) in [5.74, 6) is -1.62. The van der Waals surface area contributed by atoms with Gasteiger partial charge in [0.05, 0.1) is 24.9 Å². The van der Waals surface area contributed by atoms with Gasteiger partial charge in [-0.2, -0.15) is 0 Å². The highest BCUT2D eigenvalue weighted by Crippen LogP contribution is 2.31. The molecular weight excluding hydrogens is 426 g/mol. The normalized spacial score (nSPS) is 13.7. The number of methoxy groups -OCH3 is 1. The van der Waals surface area contributed by atoms with E-state index in [1.807, 2.05) is 0 Å². The third-order valence-corrected chi connectivity index (χ3v) is 4.81. The summed E-state index contributed by atoms with van der Waals surface area (Å²) in [4.78, 5) is 54.1. The van der Waals surface area contributed by atoms with Gasteiger partial charge in [-0.3, -0.25) is 9.59 Å². The number of amides is 3. The van der Waals surface area contributed by atoms with Crippen molar-refractivity contribution in [1.82, 2.24) is 5.32 Å². The molecule has 170 valence electrons. The zero-order valence-corrected chi connectivity index (χ0v) is 18.7. The number of fused-ring (bicyclic) bond motifs is 1. The molecule has 9 heteroatoms. The third-order valence-electron chi connectivity index (χ3n) is 4.81. The van der Waals surface area contributed by atoms with E-state index in [-0.39, 0.29) is 23.2 Å². The number of nitrogens with zero attached hydrogens (tertiary/aromatic N) is 2. The van der Waals surface area contributed by atoms with Crippen molar-refractivity contribution in [1.29, 1.82) is 0 Å².